The van der Waals surface area contributed by atoms with Gasteiger partial charge >= 0.3 is 0 Å². The van der Waals surface area contributed by atoms with E-state index in [4.69, 9.17) is 23.0 Å². The molecule has 0 aliphatic rings. The second-order valence-corrected chi connectivity index (χ2v) is 1.82. The lowest BCUT2D eigenvalue weighted by atomic mass is 10.2. The van der Waals surface area contributed by atoms with Gasteiger partial charge in [-0.2, -0.15) is 0 Å². The van der Waals surface area contributed by atoms with Gasteiger partial charge < -0.3 is 11.8 Å². The first-order chi connectivity index (χ1) is 5.30. The van der Waals surface area contributed by atoms with Crippen molar-refractivity contribution < 1.29 is 5.41 Å². The average molecular weight is 147 g/mol. The fourth-order valence-corrected chi connectivity index (χ4v) is 0.631. The van der Waals surface area contributed by atoms with Gasteiger partial charge in [-0.15, -0.1) is 0 Å². The van der Waals surface area contributed by atoms with Crippen LogP contribution in [0.1, 0.15) is 5.56 Å². The molecule has 1 aromatic carbocycles. The Kier molecular flexibility index (Phi) is 4.18. The molecule has 0 bridgehead atoms. The first kappa shape index (κ1) is 9.18. The number of rotatable bonds is 1. The molecule has 0 radical (unpaired) electrons. The normalized spacial score (nSPS) is 7.45. The topological polar surface area (TPSA) is 75.4 Å². The van der Waals surface area contributed by atoms with Crippen LogP contribution in [0.3, 0.4) is 0 Å². The van der Waals surface area contributed by atoms with Gasteiger partial charge in [0.1, 0.15) is 0 Å². The second-order valence-electron chi connectivity index (χ2n) is 1.82. The third-order valence-corrected chi connectivity index (χ3v) is 1.11. The van der Waals surface area contributed by atoms with E-state index < -0.39 is 0 Å². The molecule has 0 amide bonds. The Morgan fingerprint density at radius 2 is 1.73 bits per heavy atom. The standard InChI is InChI=1S/C7H8N2.CN/c8-7(9)6-4-2-1-3-5-6;1-2/h1-5H,(H3,8,9);/q;-1/p+1. The smallest absolute Gasteiger partial charge is 0.270 e. The molecule has 4 N–H and O–H groups in total. The predicted molar refractivity (Wildman–Crippen MR) is 41.6 cm³/mol. The van der Waals surface area contributed by atoms with Gasteiger partial charge in [0, 0.05) is 0 Å². The van der Waals surface area contributed by atoms with E-state index in [1.807, 2.05) is 30.3 Å². The summed E-state index contributed by atoms with van der Waals surface area (Å²) >= 11 is 0. The lowest BCUT2D eigenvalue weighted by Crippen LogP contribution is -2.46. The summed E-state index contributed by atoms with van der Waals surface area (Å²) in [5.41, 5.74) is 6.19. The largest absolute Gasteiger partial charge is 0.512 e. The zero-order chi connectivity index (χ0) is 8.69. The minimum atomic E-state index is 0.371. The molecule has 0 saturated carbocycles. The van der Waals surface area contributed by atoms with Crippen LogP contribution in [0.25, 0.3) is 0 Å². The highest BCUT2D eigenvalue weighted by atomic mass is 14.7. The van der Waals surface area contributed by atoms with Gasteiger partial charge in [0.05, 0.1) is 5.56 Å². The lowest BCUT2D eigenvalue weighted by Gasteiger charge is -1.87. The van der Waals surface area contributed by atoms with Gasteiger partial charge in [-0.3, -0.25) is 11.1 Å². The number of nitrogens with two attached hydrogens (primary N) is 2. The van der Waals surface area contributed by atoms with Crippen LogP contribution in [0, 0.1) is 11.8 Å². The Bertz CT molecular complexity index is 238. The van der Waals surface area contributed by atoms with Crippen molar-refractivity contribution in [2.75, 3.05) is 0 Å². The lowest BCUT2D eigenvalue weighted by molar-refractivity contribution is -0.114. The number of benzene rings is 1. The van der Waals surface area contributed by atoms with E-state index in [-0.39, 0.29) is 0 Å². The molecule has 3 nitrogen and oxygen atoms in total. The summed E-state index contributed by atoms with van der Waals surface area (Å²) in [6.07, 6.45) is 0. The SMILES string of the molecule is NC(=[NH2+])c1ccccc1.[C-]#N. The second kappa shape index (κ2) is 5.00. The van der Waals surface area contributed by atoms with E-state index in [9.17, 15) is 0 Å². The number of hydrogen-bond acceptors (Lipinski definition) is 1. The monoisotopic (exact) mass is 147 g/mol. The van der Waals surface area contributed by atoms with Crippen molar-refractivity contribution in [3.63, 3.8) is 0 Å². The zero-order valence-electron chi connectivity index (χ0n) is 5.99. The van der Waals surface area contributed by atoms with Crippen molar-refractivity contribution in [3.05, 3.63) is 42.5 Å². The van der Waals surface area contributed by atoms with Crippen LogP contribution in [0.2, 0.25) is 0 Å². The molecule has 0 atom stereocenters. The summed E-state index contributed by atoms with van der Waals surface area (Å²) in [6.45, 7) is 4.75. The molecule has 56 valence electrons. The van der Waals surface area contributed by atoms with Gasteiger partial charge in [0.2, 0.25) is 0 Å². The quantitative estimate of drug-likeness (QED) is 0.311. The summed E-state index contributed by atoms with van der Waals surface area (Å²) in [4.78, 5) is 0. The molecule has 0 aromatic heterocycles. The highest BCUT2D eigenvalue weighted by Crippen LogP contribution is 1.93. The molecule has 0 unspecified atom stereocenters. The van der Waals surface area contributed by atoms with Crippen molar-refractivity contribution in [1.82, 2.24) is 0 Å². The van der Waals surface area contributed by atoms with Gasteiger partial charge in [-0.1, -0.05) is 18.2 Å². The van der Waals surface area contributed by atoms with Gasteiger partial charge in [0.25, 0.3) is 5.84 Å². The Hall–Kier alpha value is -1.82. The van der Waals surface area contributed by atoms with E-state index >= 15 is 0 Å². The van der Waals surface area contributed by atoms with E-state index in [1.54, 1.807) is 0 Å². The maximum atomic E-state index is 6.25. The first-order valence-electron chi connectivity index (χ1n) is 2.96. The molecule has 0 heterocycles. The summed E-state index contributed by atoms with van der Waals surface area (Å²) in [5.74, 6) is 0.371. The summed E-state index contributed by atoms with van der Waals surface area (Å²) in [7, 11) is 0. The average Bonchev–Trinajstić information content (AvgIpc) is 2.10. The number of nitrogens with zero attached hydrogens (tertiary/aromatic N) is 1. The van der Waals surface area contributed by atoms with Crippen molar-refractivity contribution >= 4 is 5.84 Å². The zero-order valence-corrected chi connectivity index (χ0v) is 5.99. The van der Waals surface area contributed by atoms with Crippen LogP contribution in [-0.2, 0) is 0 Å². The fourth-order valence-electron chi connectivity index (χ4n) is 0.631. The first-order valence-corrected chi connectivity index (χ1v) is 2.96. The summed E-state index contributed by atoms with van der Waals surface area (Å²) < 4.78 is 0. The maximum absolute atomic E-state index is 6.25. The highest BCUT2D eigenvalue weighted by molar-refractivity contribution is 5.92. The predicted octanol–water partition coefficient (Wildman–Crippen LogP) is -0.753. The van der Waals surface area contributed by atoms with Crippen molar-refractivity contribution in [2.45, 2.75) is 0 Å². The number of amidine groups is 1. The van der Waals surface area contributed by atoms with Crippen LogP contribution >= 0.6 is 0 Å². The van der Waals surface area contributed by atoms with E-state index in [1.165, 1.54) is 0 Å². The molecular formula is C8H9N3. The molecule has 0 aliphatic heterocycles. The molecule has 0 saturated heterocycles. The molecule has 1 aromatic rings. The van der Waals surface area contributed by atoms with E-state index in [0.29, 0.717) is 5.84 Å². The molecule has 3 heteroatoms. The molecule has 1 rings (SSSR count). The van der Waals surface area contributed by atoms with Crippen molar-refractivity contribution in [3.8, 4) is 0 Å². The van der Waals surface area contributed by atoms with E-state index in [2.05, 4.69) is 0 Å². The van der Waals surface area contributed by atoms with Gasteiger partial charge in [-0.05, 0) is 12.1 Å². The maximum Gasteiger partial charge on any atom is 0.270 e. The Morgan fingerprint density at radius 1 is 1.27 bits per heavy atom. The third kappa shape index (κ3) is 3.01. The molecule has 0 spiro atoms. The minimum absolute atomic E-state index is 0.371. The van der Waals surface area contributed by atoms with Crippen LogP contribution in [0.5, 0.6) is 0 Å². The van der Waals surface area contributed by atoms with Crippen LogP contribution in [0.15, 0.2) is 30.3 Å². The molecule has 0 aliphatic carbocycles. The molecular weight excluding hydrogens is 138 g/mol. The Balaban J connectivity index is 0.000000461. The number of hydrogen-bond donors (Lipinski definition) is 2. The third-order valence-electron chi connectivity index (χ3n) is 1.11. The Morgan fingerprint density at radius 3 is 2.00 bits per heavy atom. The van der Waals surface area contributed by atoms with Crippen molar-refractivity contribution in [1.29, 1.82) is 5.26 Å². The van der Waals surface area contributed by atoms with Crippen LogP contribution in [-0.4, -0.2) is 5.84 Å². The minimum Gasteiger partial charge on any atom is -0.512 e. The summed E-state index contributed by atoms with van der Waals surface area (Å²) in [5, 5.41) is 11.6. The molecule has 11 heavy (non-hydrogen) atoms. The van der Waals surface area contributed by atoms with Crippen LogP contribution < -0.4 is 11.1 Å². The fraction of sp³-hybridized carbons (Fsp3) is 0. The van der Waals surface area contributed by atoms with Crippen molar-refractivity contribution in [2.24, 2.45) is 5.73 Å². The van der Waals surface area contributed by atoms with Gasteiger partial charge in [-0.25, -0.2) is 0 Å². The van der Waals surface area contributed by atoms with Crippen LogP contribution in [0.4, 0.5) is 0 Å². The van der Waals surface area contributed by atoms with Gasteiger partial charge in [0.15, 0.2) is 0 Å². The molecule has 0 fully saturated rings. The van der Waals surface area contributed by atoms with E-state index in [0.717, 1.165) is 5.56 Å². The summed E-state index contributed by atoms with van der Waals surface area (Å²) in [6, 6.07) is 9.46. The highest BCUT2D eigenvalue weighted by Gasteiger charge is 1.95. The Labute approximate surface area is 65.6 Å².